The third-order valence-electron chi connectivity index (χ3n) is 3.93. The molecule has 3 rings (SSSR count). The van der Waals surface area contributed by atoms with Crippen molar-refractivity contribution < 1.29 is 0 Å². The first-order valence-corrected chi connectivity index (χ1v) is 8.19. The molecule has 1 aromatic carbocycles. The van der Waals surface area contributed by atoms with Gasteiger partial charge in [-0.05, 0) is 18.4 Å². The first-order valence-electron chi connectivity index (χ1n) is 7.37. The molecule has 106 valence electrons. The Morgan fingerprint density at radius 1 is 1.25 bits per heavy atom. The van der Waals surface area contributed by atoms with E-state index in [1.165, 1.54) is 34.0 Å². The highest BCUT2D eigenvalue weighted by atomic mass is 32.1. The average molecular weight is 286 g/mol. The van der Waals surface area contributed by atoms with Gasteiger partial charge < -0.3 is 5.32 Å². The van der Waals surface area contributed by atoms with Crippen LogP contribution in [0.25, 0.3) is 10.4 Å². The van der Waals surface area contributed by atoms with Gasteiger partial charge in [0.25, 0.3) is 0 Å². The molecule has 20 heavy (non-hydrogen) atoms. The van der Waals surface area contributed by atoms with Crippen LogP contribution in [0, 0.1) is 0 Å². The van der Waals surface area contributed by atoms with Crippen LogP contribution in [0.1, 0.15) is 44.3 Å². The minimum atomic E-state index is 0.351. The minimum Gasteiger partial charge on any atom is -0.309 e. The van der Waals surface area contributed by atoms with E-state index in [0.717, 1.165) is 6.54 Å². The molecule has 1 heterocycles. The van der Waals surface area contributed by atoms with E-state index in [9.17, 15) is 0 Å². The van der Waals surface area contributed by atoms with Crippen LogP contribution in [0.15, 0.2) is 30.3 Å². The third-order valence-corrected chi connectivity index (χ3v) is 5.38. The van der Waals surface area contributed by atoms with Gasteiger partial charge >= 0.3 is 0 Å². The molecule has 0 amide bonds. The van der Waals surface area contributed by atoms with Crippen LogP contribution in [-0.4, -0.2) is 11.0 Å². The number of nitrogens with zero attached hydrogens (tertiary/aromatic N) is 1. The quantitative estimate of drug-likeness (QED) is 0.883. The zero-order valence-electron chi connectivity index (χ0n) is 12.4. The molecule has 1 saturated carbocycles. The Kier molecular flexibility index (Phi) is 3.65. The number of rotatable bonds is 5. The minimum absolute atomic E-state index is 0.351. The molecule has 0 bridgehead atoms. The number of benzene rings is 1. The van der Waals surface area contributed by atoms with Crippen molar-refractivity contribution >= 4 is 11.3 Å². The number of aromatic nitrogens is 1. The molecule has 0 spiro atoms. The molecular weight excluding hydrogens is 264 g/mol. The van der Waals surface area contributed by atoms with E-state index in [4.69, 9.17) is 4.98 Å². The summed E-state index contributed by atoms with van der Waals surface area (Å²) in [6, 6.07) is 11.1. The second-order valence-electron chi connectivity index (χ2n) is 6.26. The van der Waals surface area contributed by atoms with Crippen LogP contribution in [0.4, 0.5) is 0 Å². The summed E-state index contributed by atoms with van der Waals surface area (Å²) in [5.41, 5.74) is 2.85. The summed E-state index contributed by atoms with van der Waals surface area (Å²) < 4.78 is 0. The molecule has 2 nitrogen and oxygen atoms in total. The number of hydrogen-bond acceptors (Lipinski definition) is 3. The molecule has 1 fully saturated rings. The van der Waals surface area contributed by atoms with Gasteiger partial charge in [-0.25, -0.2) is 4.98 Å². The van der Waals surface area contributed by atoms with E-state index >= 15 is 0 Å². The molecule has 0 unspecified atom stereocenters. The second-order valence-corrected chi connectivity index (χ2v) is 7.26. The Balaban J connectivity index is 1.95. The van der Waals surface area contributed by atoms with Gasteiger partial charge in [-0.1, -0.05) is 51.1 Å². The monoisotopic (exact) mass is 286 g/mol. The molecule has 1 aromatic heterocycles. The maximum atomic E-state index is 4.95. The highest BCUT2D eigenvalue weighted by Gasteiger charge is 2.42. The average Bonchev–Trinajstić information content (AvgIpc) is 3.05. The Bertz CT molecular complexity index is 582. The fraction of sp³-hybridized carbons (Fsp3) is 0.471. The molecule has 1 N–H and O–H groups in total. The molecule has 0 saturated heterocycles. The van der Waals surface area contributed by atoms with E-state index in [0.29, 0.717) is 11.5 Å². The Hall–Kier alpha value is -1.19. The lowest BCUT2D eigenvalue weighted by molar-refractivity contribution is 0.581. The van der Waals surface area contributed by atoms with Gasteiger partial charge in [-0.15, -0.1) is 11.3 Å². The SMILES string of the molecule is CC(C)NCc1nc(C2(C)CC2)sc1-c1ccccc1. The van der Waals surface area contributed by atoms with Gasteiger partial charge in [-0.2, -0.15) is 0 Å². The maximum absolute atomic E-state index is 4.95. The van der Waals surface area contributed by atoms with Crippen LogP contribution < -0.4 is 5.32 Å². The molecule has 0 atom stereocenters. The predicted molar refractivity (Wildman–Crippen MR) is 86.1 cm³/mol. The standard InChI is InChI=1S/C17H22N2S/c1-12(2)18-11-14-15(13-7-5-4-6-8-13)20-16(19-14)17(3)9-10-17/h4-8,12,18H,9-11H2,1-3H3. The van der Waals surface area contributed by atoms with Gasteiger partial charge in [0.15, 0.2) is 0 Å². The Morgan fingerprint density at radius 3 is 2.55 bits per heavy atom. The third kappa shape index (κ3) is 2.79. The van der Waals surface area contributed by atoms with E-state index in [1.54, 1.807) is 0 Å². The first-order chi connectivity index (χ1) is 9.58. The van der Waals surface area contributed by atoms with Crippen molar-refractivity contribution in [1.82, 2.24) is 10.3 Å². The summed E-state index contributed by atoms with van der Waals surface area (Å²) in [6.45, 7) is 7.55. The molecule has 3 heteroatoms. The summed E-state index contributed by atoms with van der Waals surface area (Å²) in [5, 5.41) is 4.82. The summed E-state index contributed by atoms with van der Waals surface area (Å²) in [5.74, 6) is 0. The summed E-state index contributed by atoms with van der Waals surface area (Å²) in [7, 11) is 0. The summed E-state index contributed by atoms with van der Waals surface area (Å²) in [4.78, 5) is 6.28. The first kappa shape index (κ1) is 13.8. The number of nitrogens with one attached hydrogen (secondary N) is 1. The van der Waals surface area contributed by atoms with Crippen LogP contribution in [-0.2, 0) is 12.0 Å². The van der Waals surface area contributed by atoms with Crippen molar-refractivity contribution in [1.29, 1.82) is 0 Å². The highest BCUT2D eigenvalue weighted by molar-refractivity contribution is 7.15. The fourth-order valence-electron chi connectivity index (χ4n) is 2.25. The van der Waals surface area contributed by atoms with Crippen LogP contribution in [0.3, 0.4) is 0 Å². The molecule has 0 aliphatic heterocycles. The second kappa shape index (κ2) is 5.30. The zero-order valence-corrected chi connectivity index (χ0v) is 13.3. The number of thiazole rings is 1. The Morgan fingerprint density at radius 2 is 1.95 bits per heavy atom. The van der Waals surface area contributed by atoms with Crippen LogP contribution in [0.2, 0.25) is 0 Å². The van der Waals surface area contributed by atoms with Gasteiger partial charge in [0.05, 0.1) is 15.6 Å². The predicted octanol–water partition coefficient (Wildman–Crippen LogP) is 4.36. The van der Waals surface area contributed by atoms with Crippen LogP contribution >= 0.6 is 11.3 Å². The summed E-state index contributed by atoms with van der Waals surface area (Å²) in [6.07, 6.45) is 2.57. The van der Waals surface area contributed by atoms with E-state index < -0.39 is 0 Å². The molecule has 2 aromatic rings. The lowest BCUT2D eigenvalue weighted by Crippen LogP contribution is -2.22. The largest absolute Gasteiger partial charge is 0.309 e. The number of hydrogen-bond donors (Lipinski definition) is 1. The Labute approximate surface area is 125 Å². The molecule has 1 aliphatic carbocycles. The van der Waals surface area contributed by atoms with Crippen molar-refractivity contribution in [3.05, 3.63) is 41.0 Å². The smallest absolute Gasteiger partial charge is 0.0994 e. The highest BCUT2D eigenvalue weighted by Crippen LogP contribution is 2.50. The van der Waals surface area contributed by atoms with Gasteiger partial charge in [0.2, 0.25) is 0 Å². The van der Waals surface area contributed by atoms with Crippen molar-refractivity contribution in [2.24, 2.45) is 0 Å². The zero-order chi connectivity index (χ0) is 14.2. The van der Waals surface area contributed by atoms with E-state index in [-0.39, 0.29) is 0 Å². The van der Waals surface area contributed by atoms with Crippen molar-refractivity contribution in [3.63, 3.8) is 0 Å². The summed E-state index contributed by atoms with van der Waals surface area (Å²) >= 11 is 1.88. The maximum Gasteiger partial charge on any atom is 0.0994 e. The van der Waals surface area contributed by atoms with Gasteiger partial charge in [0, 0.05) is 18.0 Å². The normalized spacial score (nSPS) is 16.6. The molecule has 0 radical (unpaired) electrons. The molecular formula is C17H22N2S. The van der Waals surface area contributed by atoms with Crippen molar-refractivity contribution in [3.8, 4) is 10.4 Å². The van der Waals surface area contributed by atoms with Crippen molar-refractivity contribution in [2.75, 3.05) is 0 Å². The van der Waals surface area contributed by atoms with E-state index in [1.807, 2.05) is 11.3 Å². The van der Waals surface area contributed by atoms with Gasteiger partial charge in [0.1, 0.15) is 0 Å². The van der Waals surface area contributed by atoms with Crippen molar-refractivity contribution in [2.45, 2.75) is 51.6 Å². The molecule has 1 aliphatic rings. The van der Waals surface area contributed by atoms with Gasteiger partial charge in [-0.3, -0.25) is 0 Å². The van der Waals surface area contributed by atoms with Crippen LogP contribution in [0.5, 0.6) is 0 Å². The fourth-order valence-corrected chi connectivity index (χ4v) is 3.54. The topological polar surface area (TPSA) is 24.9 Å². The van der Waals surface area contributed by atoms with E-state index in [2.05, 4.69) is 56.4 Å². The lowest BCUT2D eigenvalue weighted by atomic mass is 10.1. The lowest BCUT2D eigenvalue weighted by Gasteiger charge is -2.07.